The van der Waals surface area contributed by atoms with E-state index in [4.69, 9.17) is 33.6 Å². The summed E-state index contributed by atoms with van der Waals surface area (Å²) < 4.78 is 58.8. The number of anilines is 1. The van der Waals surface area contributed by atoms with Gasteiger partial charge in [-0.05, 0) is 95.0 Å². The van der Waals surface area contributed by atoms with E-state index in [0.717, 1.165) is 45.2 Å². The molecule has 1 spiro atoms. The van der Waals surface area contributed by atoms with E-state index in [0.29, 0.717) is 77.9 Å². The van der Waals surface area contributed by atoms with Gasteiger partial charge >= 0.3 is 6.01 Å². The highest BCUT2D eigenvalue weighted by atomic mass is 28.4. The molecule has 0 unspecified atom stereocenters. The van der Waals surface area contributed by atoms with Gasteiger partial charge in [-0.2, -0.15) is 9.97 Å². The van der Waals surface area contributed by atoms with Crippen LogP contribution in [0, 0.1) is 17.0 Å². The molecule has 4 aliphatic rings. The number of amides is 1. The molecular weight excluding hydrogens is 867 g/mol. The number of hydrogen-bond donors (Lipinski definition) is 1. The number of piperidine rings is 1. The molecule has 67 heavy (non-hydrogen) atoms. The molecule has 0 bridgehead atoms. The Bertz CT molecular complexity index is 2780. The van der Waals surface area contributed by atoms with Crippen molar-refractivity contribution in [1.29, 1.82) is 0 Å². The number of pyridine rings is 1. The summed E-state index contributed by atoms with van der Waals surface area (Å²) >= 11 is 0. The molecule has 4 saturated heterocycles. The average molecular weight is 927 g/mol. The van der Waals surface area contributed by atoms with Crippen LogP contribution < -0.4 is 30.1 Å². The van der Waals surface area contributed by atoms with Crippen molar-refractivity contribution in [3.8, 4) is 23.0 Å². The number of rotatable bonds is 13. The van der Waals surface area contributed by atoms with Crippen LogP contribution in [0.1, 0.15) is 71.8 Å². The first-order chi connectivity index (χ1) is 32.4. The van der Waals surface area contributed by atoms with Crippen LogP contribution in [-0.4, -0.2) is 99.0 Å². The smallest absolute Gasteiger partial charge is 0.319 e. The Labute approximate surface area is 392 Å². The summed E-state index contributed by atoms with van der Waals surface area (Å²) in [5.74, 6) is -0.0735. The summed E-state index contributed by atoms with van der Waals surface area (Å²) in [6.07, 6.45) is 6.79. The SMILES string of the molecule is CCc1c(F)ccc2cc(OCOC)cc(-c3ncc4c(N5CCC[C@]6(CNC(=O)C6)C5)nc(OC[C@]56CCCN5C[C@@H](O[Si](c5ccccc5)(c5ccccc5)C(C)(C)C)C6)nc4c3F)c12. The number of carbonyl (C=O) groups is 1. The summed E-state index contributed by atoms with van der Waals surface area (Å²) in [5.41, 5.74) is 0.284. The lowest BCUT2D eigenvalue weighted by Crippen LogP contribution is -2.67. The fourth-order valence-corrected chi connectivity index (χ4v) is 16.5. The standard InChI is InChI=1S/C53H60F2N6O5Si/c1-6-40-43(54)20-19-35-25-36(65-34-63-5)26-41(45(35)40)47-46(55)48-42(29-56-47)49(60-23-13-21-52(32-60)28-44(62)57-31-52)59-50(58-48)64-33-53-22-14-24-61(53)30-37(27-53)66-67(51(2,3)4,38-15-9-7-10-16-38)39-17-11-8-12-18-39/h7-12,15-20,25-26,29,37H,6,13-14,21-24,27-28,30-34H2,1-5H3,(H,57,62)/t37-,52-,53+/m0/s1. The quantitative estimate of drug-likeness (QED) is 0.0897. The summed E-state index contributed by atoms with van der Waals surface area (Å²) in [7, 11) is -1.31. The Balaban J connectivity index is 1.04. The number of carbonyl (C=O) groups excluding carboxylic acids is 1. The van der Waals surface area contributed by atoms with Crippen LogP contribution in [-0.2, 0) is 20.4 Å². The topological polar surface area (TPSA) is 111 Å². The second-order valence-corrected chi connectivity index (χ2v) is 24.4. The van der Waals surface area contributed by atoms with Crippen molar-refractivity contribution in [1.82, 2.24) is 25.2 Å². The third-order valence-electron chi connectivity index (χ3n) is 14.9. The summed E-state index contributed by atoms with van der Waals surface area (Å²) in [6.45, 7) is 12.6. The van der Waals surface area contributed by atoms with Crippen molar-refractivity contribution >= 4 is 52.1 Å². The Morgan fingerprint density at radius 1 is 0.925 bits per heavy atom. The number of benzene rings is 4. The Morgan fingerprint density at radius 2 is 1.67 bits per heavy atom. The second-order valence-electron chi connectivity index (χ2n) is 20.2. The zero-order chi connectivity index (χ0) is 46.6. The lowest BCUT2D eigenvalue weighted by Gasteiger charge is -2.44. The molecule has 1 amide bonds. The molecule has 11 nitrogen and oxygen atoms in total. The van der Waals surface area contributed by atoms with Crippen molar-refractivity contribution in [2.45, 2.75) is 89.3 Å². The van der Waals surface area contributed by atoms with Gasteiger partial charge in [-0.3, -0.25) is 14.7 Å². The Morgan fingerprint density at radius 3 is 2.36 bits per heavy atom. The lowest BCUT2D eigenvalue weighted by atomic mass is 9.79. The predicted molar refractivity (Wildman–Crippen MR) is 260 cm³/mol. The molecule has 0 saturated carbocycles. The molecule has 350 valence electrons. The number of nitrogens with one attached hydrogen (secondary N) is 1. The second kappa shape index (κ2) is 17.8. The minimum absolute atomic E-state index is 0.0108. The van der Waals surface area contributed by atoms with E-state index < -0.39 is 14.1 Å². The molecule has 4 fully saturated rings. The van der Waals surface area contributed by atoms with E-state index in [1.54, 1.807) is 24.4 Å². The molecule has 4 aromatic carbocycles. The number of methoxy groups -OCH3 is 1. The van der Waals surface area contributed by atoms with Crippen LogP contribution in [0.15, 0.2) is 91.1 Å². The fourth-order valence-electron chi connectivity index (χ4n) is 11.9. The molecule has 0 aliphatic carbocycles. The van der Waals surface area contributed by atoms with Gasteiger partial charge in [0.1, 0.15) is 35.2 Å². The normalized spacial score (nSPS) is 22.2. The Hall–Kier alpha value is -5.54. The van der Waals surface area contributed by atoms with Crippen LogP contribution in [0.3, 0.4) is 0 Å². The van der Waals surface area contributed by atoms with Crippen LogP contribution >= 0.6 is 0 Å². The highest BCUT2D eigenvalue weighted by molar-refractivity contribution is 6.99. The number of nitrogens with zero attached hydrogens (tertiary/aromatic N) is 5. The number of aromatic nitrogens is 3. The zero-order valence-electron chi connectivity index (χ0n) is 39.2. The van der Waals surface area contributed by atoms with Gasteiger partial charge in [-0.1, -0.05) is 94.4 Å². The van der Waals surface area contributed by atoms with E-state index in [9.17, 15) is 4.79 Å². The van der Waals surface area contributed by atoms with E-state index in [1.807, 2.05) is 6.92 Å². The van der Waals surface area contributed by atoms with Crippen molar-refractivity contribution in [2.75, 3.05) is 58.1 Å². The molecule has 4 aliphatic heterocycles. The molecule has 6 aromatic rings. The van der Waals surface area contributed by atoms with Crippen molar-refractivity contribution in [3.63, 3.8) is 0 Å². The third kappa shape index (κ3) is 8.13. The molecule has 6 heterocycles. The maximum absolute atomic E-state index is 17.8. The van der Waals surface area contributed by atoms with Gasteiger partial charge in [0.2, 0.25) is 5.91 Å². The minimum atomic E-state index is -2.84. The van der Waals surface area contributed by atoms with Crippen LogP contribution in [0.4, 0.5) is 14.6 Å². The summed E-state index contributed by atoms with van der Waals surface area (Å²) in [4.78, 5) is 32.0. The van der Waals surface area contributed by atoms with Gasteiger partial charge in [0, 0.05) is 56.9 Å². The summed E-state index contributed by atoms with van der Waals surface area (Å²) in [5, 5.41) is 7.03. The molecule has 14 heteroatoms. The molecule has 3 atom stereocenters. The first-order valence-electron chi connectivity index (χ1n) is 23.8. The zero-order valence-corrected chi connectivity index (χ0v) is 40.2. The molecule has 0 radical (unpaired) electrons. The van der Waals surface area contributed by atoms with Crippen LogP contribution in [0.2, 0.25) is 5.04 Å². The fraction of sp³-hybridized carbons (Fsp3) is 0.434. The van der Waals surface area contributed by atoms with Gasteiger partial charge < -0.3 is 28.9 Å². The largest absolute Gasteiger partial charge is 0.468 e. The summed E-state index contributed by atoms with van der Waals surface area (Å²) in [6, 6.07) is 28.2. The van der Waals surface area contributed by atoms with Gasteiger partial charge in [0.15, 0.2) is 12.6 Å². The van der Waals surface area contributed by atoms with Gasteiger partial charge in [-0.15, -0.1) is 0 Å². The molecule has 10 rings (SSSR count). The first-order valence-corrected chi connectivity index (χ1v) is 25.7. The first kappa shape index (κ1) is 45.2. The van der Waals surface area contributed by atoms with Crippen molar-refractivity contribution in [2.24, 2.45) is 5.41 Å². The maximum atomic E-state index is 17.8. The highest BCUT2D eigenvalue weighted by Crippen LogP contribution is 2.46. The Kier molecular flexibility index (Phi) is 12.0. The molecular formula is C53H60F2N6O5Si. The molecule has 1 N–H and O–H groups in total. The van der Waals surface area contributed by atoms with Gasteiger partial charge in [0.25, 0.3) is 8.32 Å². The highest BCUT2D eigenvalue weighted by Gasteiger charge is 2.56. The van der Waals surface area contributed by atoms with E-state index in [2.05, 4.69) is 96.6 Å². The average Bonchev–Trinajstić information content (AvgIpc) is 4.00. The number of halogens is 2. The number of ether oxygens (including phenoxy) is 3. The van der Waals surface area contributed by atoms with Gasteiger partial charge in [-0.25, -0.2) is 8.78 Å². The van der Waals surface area contributed by atoms with Crippen LogP contribution in [0.5, 0.6) is 11.8 Å². The monoisotopic (exact) mass is 926 g/mol. The van der Waals surface area contributed by atoms with Crippen molar-refractivity contribution < 1.29 is 32.2 Å². The van der Waals surface area contributed by atoms with E-state index in [-0.39, 0.29) is 57.8 Å². The van der Waals surface area contributed by atoms with E-state index >= 15 is 8.78 Å². The number of aryl methyl sites for hydroxylation is 1. The predicted octanol–water partition coefficient (Wildman–Crippen LogP) is 8.34. The lowest BCUT2D eigenvalue weighted by molar-refractivity contribution is -0.119. The number of fused-ring (bicyclic) bond motifs is 3. The molecule has 2 aromatic heterocycles. The maximum Gasteiger partial charge on any atom is 0.319 e. The van der Waals surface area contributed by atoms with E-state index in [1.165, 1.54) is 23.5 Å². The van der Waals surface area contributed by atoms with Crippen molar-refractivity contribution in [3.05, 3.63) is 108 Å². The van der Waals surface area contributed by atoms with Crippen LogP contribution in [0.25, 0.3) is 32.9 Å². The van der Waals surface area contributed by atoms with Gasteiger partial charge in [0.05, 0.1) is 17.0 Å². The minimum Gasteiger partial charge on any atom is -0.468 e. The third-order valence-corrected chi connectivity index (χ3v) is 20.0. The number of hydrogen-bond acceptors (Lipinski definition) is 10.